The summed E-state index contributed by atoms with van der Waals surface area (Å²) in [4.78, 5) is 5.13. The average molecular weight is 349 g/mol. The predicted octanol–water partition coefficient (Wildman–Crippen LogP) is 6.04. The Balaban J connectivity index is 1.74. The number of hydrogen-bond acceptors (Lipinski definition) is 2. The first-order valence-electron chi connectivity index (χ1n) is 9.47. The van der Waals surface area contributed by atoms with E-state index < -0.39 is 0 Å². The fourth-order valence-electron chi connectivity index (χ4n) is 4.64. The van der Waals surface area contributed by atoms with Gasteiger partial charge >= 0.3 is 0 Å². The molecule has 0 N–H and O–H groups in total. The largest absolute Gasteiger partial charge is 0.356 e. The van der Waals surface area contributed by atoms with Gasteiger partial charge in [-0.2, -0.15) is 0 Å². The van der Waals surface area contributed by atoms with E-state index in [1.54, 1.807) is 0 Å². The highest BCUT2D eigenvalue weighted by atomic mass is 16.5. The molecule has 2 unspecified atom stereocenters. The number of ether oxygens (including phenoxy) is 1. The first-order valence-corrected chi connectivity index (χ1v) is 9.47. The molecule has 0 aliphatic carbocycles. The van der Waals surface area contributed by atoms with Gasteiger partial charge in [0.25, 0.3) is 0 Å². The molecule has 3 heterocycles. The third kappa shape index (κ3) is 1.96. The standard InChI is InChI=1S/C25H19NO/c1-14-12-19-20(13-15(14)2)26-23(16-8-4-3-5-9-16)22-21(19)24-17-10-6-7-11-18(17)25(22)27-24/h3-13,24-25H,1-2H3. The van der Waals surface area contributed by atoms with Crippen LogP contribution in [0.15, 0.2) is 66.7 Å². The molecule has 2 heteroatoms. The monoisotopic (exact) mass is 349 g/mol. The molecule has 2 aliphatic heterocycles. The molecule has 0 spiro atoms. The van der Waals surface area contributed by atoms with Gasteiger partial charge in [0.15, 0.2) is 0 Å². The Kier molecular flexibility index (Phi) is 2.95. The van der Waals surface area contributed by atoms with E-state index in [0.29, 0.717) is 0 Å². The highest BCUT2D eigenvalue weighted by Crippen LogP contribution is 2.57. The van der Waals surface area contributed by atoms with Crippen LogP contribution < -0.4 is 0 Å². The van der Waals surface area contributed by atoms with Gasteiger partial charge in [-0.15, -0.1) is 0 Å². The normalized spacial score (nSPS) is 19.3. The highest BCUT2D eigenvalue weighted by molar-refractivity contribution is 5.91. The molecular formula is C25H19NO. The van der Waals surface area contributed by atoms with Crippen LogP contribution in [0.1, 0.15) is 45.6 Å². The summed E-state index contributed by atoms with van der Waals surface area (Å²) in [6.45, 7) is 4.33. The van der Waals surface area contributed by atoms with Crippen molar-refractivity contribution in [2.45, 2.75) is 26.1 Å². The third-order valence-electron chi connectivity index (χ3n) is 6.08. The van der Waals surface area contributed by atoms with Crippen LogP contribution in [0.3, 0.4) is 0 Å². The van der Waals surface area contributed by atoms with Crippen molar-refractivity contribution in [3.8, 4) is 11.3 Å². The smallest absolute Gasteiger partial charge is 0.112 e. The SMILES string of the molecule is Cc1cc2nc(-c3ccccc3)c3c(c2cc1C)C1OC3c2ccccc21. The van der Waals surface area contributed by atoms with Crippen LogP contribution in [0, 0.1) is 13.8 Å². The summed E-state index contributed by atoms with van der Waals surface area (Å²) in [6.07, 6.45) is -0.00816. The first kappa shape index (κ1) is 15.1. The molecule has 2 aliphatic rings. The topological polar surface area (TPSA) is 22.1 Å². The van der Waals surface area contributed by atoms with Crippen molar-refractivity contribution in [3.05, 3.63) is 100 Å². The molecule has 2 nitrogen and oxygen atoms in total. The number of benzene rings is 3. The molecule has 6 rings (SSSR count). The van der Waals surface area contributed by atoms with Gasteiger partial charge in [-0.3, -0.25) is 0 Å². The van der Waals surface area contributed by atoms with Crippen LogP contribution in [-0.4, -0.2) is 4.98 Å². The lowest BCUT2D eigenvalue weighted by Gasteiger charge is -2.21. The Labute approximate surface area is 158 Å². The van der Waals surface area contributed by atoms with Gasteiger partial charge in [-0.25, -0.2) is 4.98 Å². The second kappa shape index (κ2) is 5.28. The molecule has 3 aromatic carbocycles. The second-order valence-corrected chi connectivity index (χ2v) is 7.63. The minimum Gasteiger partial charge on any atom is -0.356 e. The lowest BCUT2D eigenvalue weighted by Crippen LogP contribution is -2.07. The Hall–Kier alpha value is -2.97. The predicted molar refractivity (Wildman–Crippen MR) is 108 cm³/mol. The maximum Gasteiger partial charge on any atom is 0.112 e. The Morgan fingerprint density at radius 1 is 0.741 bits per heavy atom. The van der Waals surface area contributed by atoms with Crippen molar-refractivity contribution in [1.29, 1.82) is 0 Å². The van der Waals surface area contributed by atoms with Crippen LogP contribution in [-0.2, 0) is 4.74 Å². The van der Waals surface area contributed by atoms with E-state index in [9.17, 15) is 0 Å². The third-order valence-corrected chi connectivity index (χ3v) is 6.08. The fraction of sp³-hybridized carbons (Fsp3) is 0.160. The van der Waals surface area contributed by atoms with Crippen LogP contribution in [0.5, 0.6) is 0 Å². The van der Waals surface area contributed by atoms with Gasteiger partial charge in [0.1, 0.15) is 12.2 Å². The lowest BCUT2D eigenvalue weighted by molar-refractivity contribution is 0.0863. The molecule has 0 amide bonds. The van der Waals surface area contributed by atoms with E-state index in [4.69, 9.17) is 9.72 Å². The zero-order valence-electron chi connectivity index (χ0n) is 15.4. The summed E-state index contributed by atoms with van der Waals surface area (Å²) in [6, 6.07) is 23.6. The van der Waals surface area contributed by atoms with Crippen LogP contribution in [0.2, 0.25) is 0 Å². The summed E-state index contributed by atoms with van der Waals surface area (Å²) >= 11 is 0. The molecule has 130 valence electrons. The van der Waals surface area contributed by atoms with Crippen LogP contribution >= 0.6 is 0 Å². The molecule has 0 saturated heterocycles. The molecule has 0 fully saturated rings. The number of fused-ring (bicyclic) bond motifs is 10. The fourth-order valence-corrected chi connectivity index (χ4v) is 4.64. The van der Waals surface area contributed by atoms with Crippen LogP contribution in [0.4, 0.5) is 0 Å². The second-order valence-electron chi connectivity index (χ2n) is 7.63. The zero-order valence-corrected chi connectivity index (χ0v) is 15.4. The summed E-state index contributed by atoms with van der Waals surface area (Å²) < 4.78 is 6.51. The van der Waals surface area contributed by atoms with Crippen molar-refractivity contribution in [2.24, 2.45) is 0 Å². The molecular weight excluding hydrogens is 330 g/mol. The van der Waals surface area contributed by atoms with E-state index in [-0.39, 0.29) is 12.2 Å². The number of pyridine rings is 1. The molecule has 2 bridgehead atoms. The number of aryl methyl sites for hydroxylation is 2. The van der Waals surface area contributed by atoms with Gasteiger partial charge < -0.3 is 4.74 Å². The maximum absolute atomic E-state index is 6.51. The molecule has 1 aromatic heterocycles. The Morgan fingerprint density at radius 3 is 2.11 bits per heavy atom. The molecule has 0 radical (unpaired) electrons. The quantitative estimate of drug-likeness (QED) is 0.418. The van der Waals surface area contributed by atoms with Gasteiger partial charge in [-0.05, 0) is 48.2 Å². The molecule has 2 atom stereocenters. The summed E-state index contributed by atoms with van der Waals surface area (Å²) in [7, 11) is 0. The van der Waals surface area contributed by atoms with Gasteiger partial charge in [0, 0.05) is 22.1 Å². The zero-order chi connectivity index (χ0) is 18.1. The first-order chi connectivity index (χ1) is 13.2. The Morgan fingerprint density at radius 2 is 1.37 bits per heavy atom. The number of hydrogen-bond donors (Lipinski definition) is 0. The summed E-state index contributed by atoms with van der Waals surface area (Å²) in [5.41, 5.74) is 11.0. The minimum atomic E-state index is -0.0186. The van der Waals surface area contributed by atoms with Crippen molar-refractivity contribution in [2.75, 3.05) is 0 Å². The van der Waals surface area contributed by atoms with Crippen molar-refractivity contribution >= 4 is 10.9 Å². The van der Waals surface area contributed by atoms with Gasteiger partial charge in [0.2, 0.25) is 0 Å². The van der Waals surface area contributed by atoms with Crippen molar-refractivity contribution in [3.63, 3.8) is 0 Å². The van der Waals surface area contributed by atoms with Crippen molar-refractivity contribution in [1.82, 2.24) is 4.98 Å². The van der Waals surface area contributed by atoms with Crippen LogP contribution in [0.25, 0.3) is 22.2 Å². The number of rotatable bonds is 1. The number of nitrogens with zero attached hydrogens (tertiary/aromatic N) is 1. The summed E-state index contributed by atoms with van der Waals surface area (Å²) in [5.74, 6) is 0. The van der Waals surface area contributed by atoms with Crippen molar-refractivity contribution < 1.29 is 4.74 Å². The number of aromatic nitrogens is 1. The molecule has 0 saturated carbocycles. The maximum atomic E-state index is 6.51. The molecule has 27 heavy (non-hydrogen) atoms. The average Bonchev–Trinajstić information content (AvgIpc) is 3.27. The highest BCUT2D eigenvalue weighted by Gasteiger charge is 2.45. The minimum absolute atomic E-state index is 0.0104. The summed E-state index contributed by atoms with van der Waals surface area (Å²) in [5, 5.41) is 1.23. The van der Waals surface area contributed by atoms with Gasteiger partial charge in [-0.1, -0.05) is 54.6 Å². The molecule has 4 aromatic rings. The van der Waals surface area contributed by atoms with E-state index in [1.807, 2.05) is 0 Å². The Bertz CT molecular complexity index is 1230. The van der Waals surface area contributed by atoms with E-state index in [2.05, 4.69) is 80.6 Å². The van der Waals surface area contributed by atoms with Gasteiger partial charge in [0.05, 0.1) is 11.2 Å². The van der Waals surface area contributed by atoms with E-state index in [0.717, 1.165) is 16.8 Å². The lowest BCUT2D eigenvalue weighted by atomic mass is 9.82. The van der Waals surface area contributed by atoms with E-state index >= 15 is 0 Å². The van der Waals surface area contributed by atoms with E-state index in [1.165, 1.54) is 38.8 Å².